The van der Waals surface area contributed by atoms with Gasteiger partial charge in [-0.1, -0.05) is 25.7 Å². The van der Waals surface area contributed by atoms with Crippen LogP contribution in [-0.4, -0.2) is 29.8 Å². The van der Waals surface area contributed by atoms with Crippen LogP contribution in [-0.2, 0) is 0 Å². The minimum absolute atomic E-state index is 0.0803. The molecule has 0 radical (unpaired) electrons. The Morgan fingerprint density at radius 1 is 1.15 bits per heavy atom. The Balaban J connectivity index is 2.03. The number of hydrogen-bond donors (Lipinski definition) is 0. The van der Waals surface area contributed by atoms with Crippen molar-refractivity contribution in [3.8, 4) is 0 Å². The van der Waals surface area contributed by atoms with Crippen LogP contribution in [0.4, 0.5) is 4.39 Å². The molecule has 0 heterocycles. The van der Waals surface area contributed by atoms with Gasteiger partial charge in [0.15, 0.2) is 5.78 Å². The van der Waals surface area contributed by atoms with Crippen molar-refractivity contribution in [2.75, 3.05) is 7.05 Å². The van der Waals surface area contributed by atoms with Gasteiger partial charge in [-0.3, -0.25) is 9.69 Å². The molecule has 1 aromatic carbocycles. The number of ketones is 1. The highest BCUT2D eigenvalue weighted by Gasteiger charge is 2.26. The van der Waals surface area contributed by atoms with E-state index in [4.69, 9.17) is 0 Å². The van der Waals surface area contributed by atoms with Crippen molar-refractivity contribution in [2.45, 2.75) is 57.5 Å². The average Bonchev–Trinajstić information content (AvgIpc) is 2.75. The van der Waals surface area contributed by atoms with Crippen molar-refractivity contribution in [1.29, 1.82) is 0 Å². The van der Waals surface area contributed by atoms with Gasteiger partial charge in [-0.15, -0.1) is 0 Å². The van der Waals surface area contributed by atoms with Gasteiger partial charge in [-0.25, -0.2) is 4.39 Å². The molecule has 2 nitrogen and oxygen atoms in total. The molecule has 1 saturated carbocycles. The lowest BCUT2D eigenvalue weighted by atomic mass is 10.0. The van der Waals surface area contributed by atoms with Crippen molar-refractivity contribution in [1.82, 2.24) is 4.90 Å². The molecule has 2 rings (SSSR count). The lowest BCUT2D eigenvalue weighted by Gasteiger charge is -2.31. The lowest BCUT2D eigenvalue weighted by molar-refractivity contribution is 0.0801. The molecule has 110 valence electrons. The predicted molar refractivity (Wildman–Crippen MR) is 79.4 cm³/mol. The van der Waals surface area contributed by atoms with E-state index in [1.54, 1.807) is 12.1 Å². The van der Waals surface area contributed by atoms with Crippen molar-refractivity contribution < 1.29 is 9.18 Å². The van der Waals surface area contributed by atoms with Crippen LogP contribution in [0.25, 0.3) is 0 Å². The molecule has 0 bridgehead atoms. The van der Waals surface area contributed by atoms with E-state index < -0.39 is 0 Å². The molecule has 0 spiro atoms. The number of nitrogens with zero attached hydrogens (tertiary/aromatic N) is 1. The molecule has 1 aromatic rings. The minimum Gasteiger partial charge on any atom is -0.294 e. The molecular weight excluding hydrogens is 253 g/mol. The molecule has 0 aromatic heterocycles. The molecule has 1 fully saturated rings. The molecule has 1 unspecified atom stereocenters. The average molecular weight is 277 g/mol. The zero-order chi connectivity index (χ0) is 14.5. The smallest absolute Gasteiger partial charge is 0.179 e. The normalized spacial score (nSPS) is 18.8. The van der Waals surface area contributed by atoms with Crippen molar-refractivity contribution in [3.05, 3.63) is 35.6 Å². The third kappa shape index (κ3) is 3.66. The summed E-state index contributed by atoms with van der Waals surface area (Å²) >= 11 is 0. The van der Waals surface area contributed by atoms with Gasteiger partial charge >= 0.3 is 0 Å². The number of hydrogen-bond acceptors (Lipinski definition) is 2. The van der Waals surface area contributed by atoms with E-state index >= 15 is 0 Å². The molecule has 0 amide bonds. The Hall–Kier alpha value is -1.22. The summed E-state index contributed by atoms with van der Waals surface area (Å²) in [6, 6.07) is 6.21. The van der Waals surface area contributed by atoms with Crippen molar-refractivity contribution >= 4 is 5.78 Å². The van der Waals surface area contributed by atoms with Crippen LogP contribution in [0.15, 0.2) is 24.3 Å². The van der Waals surface area contributed by atoms with Crippen LogP contribution < -0.4 is 0 Å². The van der Waals surface area contributed by atoms with E-state index in [1.165, 1.54) is 50.7 Å². The van der Waals surface area contributed by atoms with Gasteiger partial charge in [-0.2, -0.15) is 0 Å². The second kappa shape index (κ2) is 6.98. The monoisotopic (exact) mass is 277 g/mol. The summed E-state index contributed by atoms with van der Waals surface area (Å²) < 4.78 is 12.9. The number of likely N-dealkylation sites (N-methyl/N-ethyl adjacent to an activating group) is 1. The maximum Gasteiger partial charge on any atom is 0.179 e. The highest BCUT2D eigenvalue weighted by molar-refractivity contribution is 5.99. The Morgan fingerprint density at radius 3 is 2.25 bits per heavy atom. The Morgan fingerprint density at radius 2 is 1.70 bits per heavy atom. The summed E-state index contributed by atoms with van der Waals surface area (Å²) in [6.07, 6.45) is 7.49. The zero-order valence-electron chi connectivity index (χ0n) is 12.4. The second-order valence-electron chi connectivity index (χ2n) is 5.86. The van der Waals surface area contributed by atoms with Crippen LogP contribution >= 0.6 is 0 Å². The summed E-state index contributed by atoms with van der Waals surface area (Å²) in [7, 11) is 2.04. The van der Waals surface area contributed by atoms with Gasteiger partial charge in [0.25, 0.3) is 0 Å². The Kier molecular flexibility index (Phi) is 5.30. The van der Waals surface area contributed by atoms with Crippen LogP contribution in [0.2, 0.25) is 0 Å². The standard InChI is InChI=1S/C17H24FNO/c1-13(17(20)14-9-11-15(18)12-10-14)19(2)16-7-5-3-4-6-8-16/h9-13,16H,3-8H2,1-2H3. The van der Waals surface area contributed by atoms with Gasteiger partial charge in [0.05, 0.1) is 6.04 Å². The number of rotatable bonds is 4. The number of carbonyl (C=O) groups is 1. The first-order valence-corrected chi connectivity index (χ1v) is 7.61. The first-order chi connectivity index (χ1) is 9.59. The predicted octanol–water partition coefficient (Wildman–Crippen LogP) is 4.05. The minimum atomic E-state index is -0.300. The highest BCUT2D eigenvalue weighted by atomic mass is 19.1. The van der Waals surface area contributed by atoms with E-state index in [1.807, 2.05) is 14.0 Å². The van der Waals surface area contributed by atoms with Gasteiger partial charge < -0.3 is 0 Å². The molecule has 1 atom stereocenters. The first kappa shape index (κ1) is 15.2. The van der Waals surface area contributed by atoms with Gasteiger partial charge in [0.2, 0.25) is 0 Å². The van der Waals surface area contributed by atoms with E-state index in [2.05, 4.69) is 4.90 Å². The van der Waals surface area contributed by atoms with Gasteiger partial charge in [0.1, 0.15) is 5.82 Å². The Bertz CT molecular complexity index is 435. The summed E-state index contributed by atoms with van der Waals surface area (Å²) in [5.41, 5.74) is 0.597. The van der Waals surface area contributed by atoms with Crippen LogP contribution in [0, 0.1) is 5.82 Å². The number of Topliss-reactive ketones (excluding diaryl/α,β-unsaturated/α-hetero) is 1. The molecule has 0 aliphatic heterocycles. The van der Waals surface area contributed by atoms with E-state index in [9.17, 15) is 9.18 Å². The molecule has 0 N–H and O–H groups in total. The lowest BCUT2D eigenvalue weighted by Crippen LogP contribution is -2.42. The third-order valence-corrected chi connectivity index (χ3v) is 4.52. The number of halogens is 1. The summed E-state index contributed by atoms with van der Waals surface area (Å²) in [4.78, 5) is 14.7. The van der Waals surface area contributed by atoms with Gasteiger partial charge in [0, 0.05) is 11.6 Å². The molecule has 1 aliphatic rings. The zero-order valence-corrected chi connectivity index (χ0v) is 12.4. The molecule has 3 heteroatoms. The molecular formula is C17H24FNO. The van der Waals surface area contributed by atoms with E-state index in [-0.39, 0.29) is 17.6 Å². The highest BCUT2D eigenvalue weighted by Crippen LogP contribution is 2.23. The summed E-state index contributed by atoms with van der Waals surface area (Å²) in [6.45, 7) is 1.95. The maximum atomic E-state index is 12.9. The summed E-state index contributed by atoms with van der Waals surface area (Å²) in [5, 5.41) is 0. The first-order valence-electron chi connectivity index (χ1n) is 7.61. The molecule has 0 saturated heterocycles. The summed E-state index contributed by atoms with van der Waals surface area (Å²) in [5.74, 6) is -0.219. The molecule has 1 aliphatic carbocycles. The van der Waals surface area contributed by atoms with E-state index in [0.29, 0.717) is 11.6 Å². The quantitative estimate of drug-likeness (QED) is 0.611. The number of carbonyl (C=O) groups excluding carboxylic acids is 1. The third-order valence-electron chi connectivity index (χ3n) is 4.52. The largest absolute Gasteiger partial charge is 0.294 e. The number of benzene rings is 1. The fourth-order valence-corrected chi connectivity index (χ4v) is 3.02. The van der Waals surface area contributed by atoms with Crippen LogP contribution in [0.3, 0.4) is 0 Å². The second-order valence-corrected chi connectivity index (χ2v) is 5.86. The van der Waals surface area contributed by atoms with Crippen LogP contribution in [0.1, 0.15) is 55.8 Å². The SMILES string of the molecule is CC(C(=O)c1ccc(F)cc1)N(C)C1CCCCCC1. The van der Waals surface area contributed by atoms with Crippen molar-refractivity contribution in [3.63, 3.8) is 0 Å². The van der Waals surface area contributed by atoms with Gasteiger partial charge in [-0.05, 0) is 51.1 Å². The fourth-order valence-electron chi connectivity index (χ4n) is 3.02. The van der Waals surface area contributed by atoms with E-state index in [0.717, 1.165) is 0 Å². The molecule has 20 heavy (non-hydrogen) atoms. The van der Waals surface area contributed by atoms with Crippen molar-refractivity contribution in [2.24, 2.45) is 0 Å². The topological polar surface area (TPSA) is 20.3 Å². The van der Waals surface area contributed by atoms with Crippen LogP contribution in [0.5, 0.6) is 0 Å². The maximum absolute atomic E-state index is 12.9. The fraction of sp³-hybridized carbons (Fsp3) is 0.588. The Labute approximate surface area is 121 Å².